The van der Waals surface area contributed by atoms with Crippen LogP contribution < -0.4 is 10.6 Å². The number of aromatic carboxylic acids is 1. The molecule has 1 heterocycles. The molecule has 6 nitrogen and oxygen atoms in total. The predicted molar refractivity (Wildman–Crippen MR) is 80.6 cm³/mol. The molecule has 0 aliphatic rings. The number of urea groups is 1. The van der Waals surface area contributed by atoms with Gasteiger partial charge in [0.05, 0.1) is 15.5 Å². The number of hydrogen-bond acceptors (Lipinski definition) is 4. The molecule has 0 radical (unpaired) electrons. The average molecular weight is 356 g/mol. The first-order valence-electron chi connectivity index (χ1n) is 5.49. The summed E-state index contributed by atoms with van der Waals surface area (Å²) in [4.78, 5) is 26.8. The van der Waals surface area contributed by atoms with E-state index in [1.807, 2.05) is 0 Å². The molecule has 0 aliphatic heterocycles. The summed E-state index contributed by atoms with van der Waals surface area (Å²) in [6.45, 7) is 1.64. The molecule has 8 heteroatoms. The molecule has 0 spiro atoms. The maximum atomic E-state index is 11.8. The minimum atomic E-state index is -1.03. The van der Waals surface area contributed by atoms with Crippen LogP contribution in [0.4, 0.5) is 15.6 Å². The summed E-state index contributed by atoms with van der Waals surface area (Å²) in [5, 5.41) is 14.6. The number of aromatic nitrogens is 1. The van der Waals surface area contributed by atoms with Crippen molar-refractivity contribution >= 4 is 50.1 Å². The predicted octanol–water partition coefficient (Wildman–Crippen LogP) is 3.56. The number of nitrogens with one attached hydrogen (secondary N) is 2. The van der Waals surface area contributed by atoms with Gasteiger partial charge in [0.15, 0.2) is 5.13 Å². The highest BCUT2D eigenvalue weighted by Gasteiger charge is 2.12. The number of anilines is 2. The highest BCUT2D eigenvalue weighted by atomic mass is 79.9. The highest BCUT2D eigenvalue weighted by molar-refractivity contribution is 9.11. The van der Waals surface area contributed by atoms with Gasteiger partial charge in [0.25, 0.3) is 0 Å². The van der Waals surface area contributed by atoms with Crippen molar-refractivity contribution in [1.29, 1.82) is 0 Å². The molecule has 0 unspecified atom stereocenters. The van der Waals surface area contributed by atoms with Gasteiger partial charge < -0.3 is 10.4 Å². The summed E-state index contributed by atoms with van der Waals surface area (Å²) in [7, 11) is 0. The minimum Gasteiger partial charge on any atom is -0.478 e. The Labute approximate surface area is 127 Å². The lowest BCUT2D eigenvalue weighted by Crippen LogP contribution is -2.20. The number of thiazole rings is 1. The van der Waals surface area contributed by atoms with Gasteiger partial charge in [-0.05, 0) is 40.5 Å². The maximum absolute atomic E-state index is 11.8. The molecule has 0 aliphatic carbocycles. The first-order chi connectivity index (χ1) is 9.47. The number of halogens is 1. The number of benzene rings is 1. The van der Waals surface area contributed by atoms with Crippen LogP contribution >= 0.6 is 27.3 Å². The number of carboxylic acid groups (broad SMARTS) is 1. The zero-order valence-electron chi connectivity index (χ0n) is 10.3. The number of carbonyl (C=O) groups is 2. The number of carboxylic acids is 1. The van der Waals surface area contributed by atoms with Crippen LogP contribution in [0.3, 0.4) is 0 Å². The lowest BCUT2D eigenvalue weighted by molar-refractivity contribution is 0.0696. The van der Waals surface area contributed by atoms with Gasteiger partial charge in [-0.3, -0.25) is 5.32 Å². The van der Waals surface area contributed by atoms with E-state index in [1.165, 1.54) is 17.4 Å². The molecule has 3 N–H and O–H groups in total. The molecule has 1 aromatic carbocycles. The molecule has 2 amide bonds. The normalized spacial score (nSPS) is 10.1. The number of hydrogen-bond donors (Lipinski definition) is 3. The third-order valence-corrected chi connectivity index (χ3v) is 3.90. The maximum Gasteiger partial charge on any atom is 0.336 e. The molecule has 104 valence electrons. The second kappa shape index (κ2) is 6.02. The van der Waals surface area contributed by atoms with Crippen LogP contribution in [0.15, 0.2) is 28.2 Å². The summed E-state index contributed by atoms with van der Waals surface area (Å²) >= 11 is 4.52. The van der Waals surface area contributed by atoms with Gasteiger partial charge in [-0.15, -0.1) is 0 Å². The van der Waals surface area contributed by atoms with E-state index in [1.54, 1.807) is 25.3 Å². The van der Waals surface area contributed by atoms with Crippen LogP contribution in [0.5, 0.6) is 0 Å². The van der Waals surface area contributed by atoms with Crippen LogP contribution in [0.2, 0.25) is 0 Å². The van der Waals surface area contributed by atoms with Crippen LogP contribution in [-0.4, -0.2) is 22.1 Å². The highest BCUT2D eigenvalue weighted by Crippen LogP contribution is 2.24. The SMILES string of the molecule is Cc1c(NC(=O)Nc2ncc(Br)s2)cccc1C(=O)O. The van der Waals surface area contributed by atoms with Gasteiger partial charge in [0, 0.05) is 5.69 Å². The van der Waals surface area contributed by atoms with Crippen molar-refractivity contribution in [2.75, 3.05) is 10.6 Å². The van der Waals surface area contributed by atoms with E-state index in [9.17, 15) is 9.59 Å². The van der Waals surface area contributed by atoms with Gasteiger partial charge in [-0.2, -0.15) is 0 Å². The van der Waals surface area contributed by atoms with Crippen molar-refractivity contribution in [2.45, 2.75) is 6.92 Å². The molecule has 0 saturated heterocycles. The van der Waals surface area contributed by atoms with Gasteiger partial charge in [-0.1, -0.05) is 17.4 Å². The van der Waals surface area contributed by atoms with Crippen LogP contribution in [0, 0.1) is 6.92 Å². The summed E-state index contributed by atoms with van der Waals surface area (Å²) in [5.41, 5.74) is 1.09. The van der Waals surface area contributed by atoms with E-state index < -0.39 is 12.0 Å². The molecule has 0 saturated carbocycles. The van der Waals surface area contributed by atoms with Gasteiger partial charge >= 0.3 is 12.0 Å². The van der Waals surface area contributed by atoms with E-state index >= 15 is 0 Å². The van der Waals surface area contributed by atoms with Crippen molar-refractivity contribution in [2.24, 2.45) is 0 Å². The van der Waals surface area contributed by atoms with Crippen molar-refractivity contribution < 1.29 is 14.7 Å². The number of carbonyl (C=O) groups excluding carboxylic acids is 1. The third-order valence-electron chi connectivity index (χ3n) is 2.51. The summed E-state index contributed by atoms with van der Waals surface area (Å²) in [6, 6.07) is 4.22. The first-order valence-corrected chi connectivity index (χ1v) is 7.10. The number of amides is 2. The van der Waals surface area contributed by atoms with E-state index in [4.69, 9.17) is 5.11 Å². The smallest absolute Gasteiger partial charge is 0.336 e. The second-order valence-electron chi connectivity index (χ2n) is 3.83. The molecular formula is C12H10BrN3O3S. The van der Waals surface area contributed by atoms with Gasteiger partial charge in [0.2, 0.25) is 0 Å². The molecule has 2 rings (SSSR count). The fourth-order valence-corrected chi connectivity index (χ4v) is 2.67. The Morgan fingerprint density at radius 2 is 2.10 bits per heavy atom. The topological polar surface area (TPSA) is 91.3 Å². The Morgan fingerprint density at radius 3 is 2.70 bits per heavy atom. The largest absolute Gasteiger partial charge is 0.478 e. The molecular weight excluding hydrogens is 346 g/mol. The van der Waals surface area contributed by atoms with E-state index in [-0.39, 0.29) is 5.56 Å². The van der Waals surface area contributed by atoms with Crippen LogP contribution in [0.1, 0.15) is 15.9 Å². The molecule has 20 heavy (non-hydrogen) atoms. The van der Waals surface area contributed by atoms with Gasteiger partial charge in [-0.25, -0.2) is 14.6 Å². The zero-order valence-corrected chi connectivity index (χ0v) is 12.7. The van der Waals surface area contributed by atoms with Crippen molar-refractivity contribution in [3.05, 3.63) is 39.3 Å². The lowest BCUT2D eigenvalue weighted by Gasteiger charge is -2.10. The van der Waals surface area contributed by atoms with Crippen molar-refractivity contribution in [3.8, 4) is 0 Å². The fraction of sp³-hybridized carbons (Fsp3) is 0.0833. The third kappa shape index (κ3) is 3.34. The monoisotopic (exact) mass is 355 g/mol. The fourth-order valence-electron chi connectivity index (χ4n) is 1.57. The van der Waals surface area contributed by atoms with Gasteiger partial charge in [0.1, 0.15) is 0 Å². The standard InChI is InChI=1S/C12H10BrN3O3S/c1-6-7(10(17)18)3-2-4-8(6)15-11(19)16-12-14-5-9(13)20-12/h2-5H,1H3,(H,17,18)(H2,14,15,16,19). The average Bonchev–Trinajstić information content (AvgIpc) is 2.77. The van der Waals surface area contributed by atoms with E-state index in [0.717, 1.165) is 3.79 Å². The van der Waals surface area contributed by atoms with Crippen LogP contribution in [0.25, 0.3) is 0 Å². The van der Waals surface area contributed by atoms with Crippen molar-refractivity contribution in [1.82, 2.24) is 4.98 Å². The Balaban J connectivity index is 2.12. The van der Waals surface area contributed by atoms with E-state index in [2.05, 4.69) is 31.5 Å². The minimum absolute atomic E-state index is 0.153. The molecule has 0 atom stereocenters. The molecule has 1 aromatic heterocycles. The summed E-state index contributed by atoms with van der Waals surface area (Å²) in [6.07, 6.45) is 1.58. The quantitative estimate of drug-likeness (QED) is 0.784. The Bertz CT molecular complexity index is 672. The Hall–Kier alpha value is -1.93. The van der Waals surface area contributed by atoms with E-state index in [0.29, 0.717) is 16.4 Å². The lowest BCUT2D eigenvalue weighted by atomic mass is 10.1. The number of rotatable bonds is 3. The number of nitrogens with zero attached hydrogens (tertiary/aromatic N) is 1. The second-order valence-corrected chi connectivity index (χ2v) is 6.24. The Kier molecular flexibility index (Phi) is 4.35. The summed E-state index contributed by atoms with van der Waals surface area (Å²) < 4.78 is 0.803. The Morgan fingerprint density at radius 1 is 1.35 bits per heavy atom. The molecule has 0 fully saturated rings. The molecule has 0 bridgehead atoms. The molecule has 2 aromatic rings. The first kappa shape index (κ1) is 14.5. The zero-order chi connectivity index (χ0) is 14.7. The summed E-state index contributed by atoms with van der Waals surface area (Å²) in [5.74, 6) is -1.03. The van der Waals surface area contributed by atoms with Crippen LogP contribution in [-0.2, 0) is 0 Å². The van der Waals surface area contributed by atoms with Crippen molar-refractivity contribution in [3.63, 3.8) is 0 Å².